The monoisotopic (exact) mass is 803 g/mol. The molecule has 0 bridgehead atoms. The molecule has 0 amide bonds. The van der Waals surface area contributed by atoms with Crippen LogP contribution in [0.4, 0.5) is 0 Å². The zero-order valence-corrected chi connectivity index (χ0v) is 36.3. The van der Waals surface area contributed by atoms with Crippen LogP contribution in [0.1, 0.15) is 33.3 Å². The van der Waals surface area contributed by atoms with Crippen molar-refractivity contribution in [1.82, 2.24) is 14.5 Å². The molecule has 2 heterocycles. The molecule has 3 heteroatoms. The SMILES string of the molecule is C/C=C\C=C/C.CC.Cc1ccccc1.c1ccc(-c2cccc(-c3nc(-c4ccccc4)c4cc(-c5ccc6c(c5)c5ccccc5n6-c5ccccc5)ccc4n3)c2)cc1. The molecule has 0 N–H and O–H groups in total. The number of benzene rings is 8. The first-order chi connectivity index (χ1) is 30.6. The van der Waals surface area contributed by atoms with Crippen molar-refractivity contribution in [2.45, 2.75) is 34.6 Å². The number of aromatic nitrogens is 3. The fraction of sp³-hybridized carbons (Fsp3) is 0.0847. The first-order valence-electron chi connectivity index (χ1n) is 21.5. The van der Waals surface area contributed by atoms with E-state index in [-0.39, 0.29) is 0 Å². The van der Waals surface area contributed by atoms with E-state index in [1.165, 1.54) is 32.9 Å². The average molecular weight is 804 g/mol. The largest absolute Gasteiger partial charge is 0.309 e. The molecule has 0 aliphatic rings. The highest BCUT2D eigenvalue weighted by atomic mass is 15.0. The van der Waals surface area contributed by atoms with Crippen LogP contribution in [0, 0.1) is 6.92 Å². The zero-order chi connectivity index (χ0) is 43.1. The first-order valence-corrected chi connectivity index (χ1v) is 21.5. The van der Waals surface area contributed by atoms with Crippen LogP contribution in [0.2, 0.25) is 0 Å². The highest BCUT2D eigenvalue weighted by Gasteiger charge is 2.16. The number of aryl methyl sites for hydroxylation is 1. The molecule has 0 fully saturated rings. The van der Waals surface area contributed by atoms with Crippen molar-refractivity contribution in [3.63, 3.8) is 0 Å². The van der Waals surface area contributed by atoms with Gasteiger partial charge in [-0.15, -0.1) is 0 Å². The maximum atomic E-state index is 5.22. The predicted octanol–water partition coefficient (Wildman–Crippen LogP) is 16.6. The highest BCUT2D eigenvalue weighted by molar-refractivity contribution is 6.10. The molecule has 0 spiro atoms. The summed E-state index contributed by atoms with van der Waals surface area (Å²) in [4.78, 5) is 10.3. The van der Waals surface area contributed by atoms with Crippen molar-refractivity contribution in [3.8, 4) is 50.6 Å². The molecule has 10 aromatic rings. The van der Waals surface area contributed by atoms with Crippen molar-refractivity contribution in [2.24, 2.45) is 0 Å². The van der Waals surface area contributed by atoms with E-state index in [4.69, 9.17) is 9.97 Å². The van der Waals surface area contributed by atoms with E-state index in [0.29, 0.717) is 0 Å². The minimum Gasteiger partial charge on any atom is -0.309 e. The van der Waals surface area contributed by atoms with Gasteiger partial charge in [-0.1, -0.05) is 201 Å². The van der Waals surface area contributed by atoms with Gasteiger partial charge >= 0.3 is 0 Å². The number of rotatable bonds is 6. The maximum absolute atomic E-state index is 5.22. The van der Waals surface area contributed by atoms with Gasteiger partial charge in [0.15, 0.2) is 5.82 Å². The van der Waals surface area contributed by atoms with E-state index in [1.807, 2.05) is 82.3 Å². The van der Waals surface area contributed by atoms with Crippen LogP contribution in [0.5, 0.6) is 0 Å². The third-order valence-electron chi connectivity index (χ3n) is 10.4. The average Bonchev–Trinajstić information content (AvgIpc) is 3.68. The van der Waals surface area contributed by atoms with E-state index < -0.39 is 0 Å². The lowest BCUT2D eigenvalue weighted by atomic mass is 9.98. The topological polar surface area (TPSA) is 30.7 Å². The van der Waals surface area contributed by atoms with Gasteiger partial charge < -0.3 is 4.57 Å². The second-order valence-corrected chi connectivity index (χ2v) is 14.6. The van der Waals surface area contributed by atoms with Gasteiger partial charge in [-0.25, -0.2) is 9.97 Å². The van der Waals surface area contributed by atoms with Crippen molar-refractivity contribution < 1.29 is 0 Å². The molecular weight excluding hydrogens is 751 g/mol. The Morgan fingerprint density at radius 2 is 0.887 bits per heavy atom. The lowest BCUT2D eigenvalue weighted by Gasteiger charge is -2.12. The summed E-state index contributed by atoms with van der Waals surface area (Å²) < 4.78 is 2.35. The number of allylic oxidation sites excluding steroid dienone is 4. The summed E-state index contributed by atoms with van der Waals surface area (Å²) in [5.41, 5.74) is 13.4. The Hall–Kier alpha value is -7.62. The number of para-hydroxylation sites is 2. The molecular formula is C59H53N3. The van der Waals surface area contributed by atoms with Crippen LogP contribution in [0.15, 0.2) is 231 Å². The van der Waals surface area contributed by atoms with E-state index in [2.05, 4.69) is 187 Å². The summed E-state index contributed by atoms with van der Waals surface area (Å²) in [6.07, 6.45) is 8.00. The number of hydrogen-bond donors (Lipinski definition) is 0. The van der Waals surface area contributed by atoms with Crippen LogP contribution < -0.4 is 0 Å². The molecule has 0 saturated heterocycles. The molecule has 8 aromatic carbocycles. The lowest BCUT2D eigenvalue weighted by molar-refractivity contribution is 1.18. The molecule has 0 aliphatic carbocycles. The van der Waals surface area contributed by atoms with Crippen LogP contribution in [0.25, 0.3) is 83.3 Å². The van der Waals surface area contributed by atoms with E-state index in [1.54, 1.807) is 0 Å². The van der Waals surface area contributed by atoms with Crippen molar-refractivity contribution >= 4 is 32.7 Å². The predicted molar refractivity (Wildman–Crippen MR) is 268 cm³/mol. The molecule has 0 atom stereocenters. The molecule has 2 aromatic heterocycles. The highest BCUT2D eigenvalue weighted by Crippen LogP contribution is 2.37. The van der Waals surface area contributed by atoms with Gasteiger partial charge in [-0.05, 0) is 91.6 Å². The van der Waals surface area contributed by atoms with Gasteiger partial charge in [0, 0.05) is 33.0 Å². The summed E-state index contributed by atoms with van der Waals surface area (Å²) >= 11 is 0. The Morgan fingerprint density at radius 1 is 0.387 bits per heavy atom. The number of hydrogen-bond acceptors (Lipinski definition) is 2. The summed E-state index contributed by atoms with van der Waals surface area (Å²) in [5.74, 6) is 0.719. The Morgan fingerprint density at radius 3 is 1.52 bits per heavy atom. The molecule has 0 aliphatic heterocycles. The van der Waals surface area contributed by atoms with Gasteiger partial charge in [-0.3, -0.25) is 0 Å². The minimum absolute atomic E-state index is 0.719. The summed E-state index contributed by atoms with van der Waals surface area (Å²) in [5, 5.41) is 3.50. The Balaban J connectivity index is 0.000000331. The normalized spacial score (nSPS) is 10.9. The van der Waals surface area contributed by atoms with Crippen molar-refractivity contribution in [1.29, 1.82) is 0 Å². The second-order valence-electron chi connectivity index (χ2n) is 14.6. The Labute approximate surface area is 367 Å². The number of fused-ring (bicyclic) bond motifs is 4. The fourth-order valence-electron chi connectivity index (χ4n) is 7.49. The van der Waals surface area contributed by atoms with Gasteiger partial charge in [0.05, 0.1) is 22.2 Å². The summed E-state index contributed by atoms with van der Waals surface area (Å²) in [7, 11) is 0. The quantitative estimate of drug-likeness (QED) is 0.157. The summed E-state index contributed by atoms with van der Waals surface area (Å²) in [6, 6.07) is 72.3. The lowest BCUT2D eigenvalue weighted by Crippen LogP contribution is -1.96. The van der Waals surface area contributed by atoms with Crippen LogP contribution >= 0.6 is 0 Å². The van der Waals surface area contributed by atoms with Gasteiger partial charge in [0.2, 0.25) is 0 Å². The smallest absolute Gasteiger partial charge is 0.160 e. The second kappa shape index (κ2) is 21.1. The molecule has 0 radical (unpaired) electrons. The standard InChI is InChI=1S/C44H29N3.C7H8.C6H10.C2H6/c1-4-13-30(14-5-1)32-17-12-18-35(27-32)44-45-40-25-23-33(29-39(40)43(46-44)31-15-6-2-7-16-31)34-24-26-42-38(28-34)37-21-10-11-22-41(37)47(42)36-19-8-3-9-20-36;1-7-5-3-2-4-6-7;1-3-5-6-4-2;1-2/h1-29H;2-6H,1H3;3-6H,1-2H3;1-2H3/b;;5-3-,6-4-;. The molecule has 3 nitrogen and oxygen atoms in total. The molecule has 304 valence electrons. The zero-order valence-electron chi connectivity index (χ0n) is 36.3. The third-order valence-corrected chi connectivity index (χ3v) is 10.4. The van der Waals surface area contributed by atoms with Crippen LogP contribution in [0.3, 0.4) is 0 Å². The molecule has 10 rings (SSSR count). The maximum Gasteiger partial charge on any atom is 0.160 e. The molecule has 62 heavy (non-hydrogen) atoms. The Bertz CT molecular complexity index is 3030. The summed E-state index contributed by atoms with van der Waals surface area (Å²) in [6.45, 7) is 10.1. The van der Waals surface area contributed by atoms with E-state index in [9.17, 15) is 0 Å². The van der Waals surface area contributed by atoms with Crippen LogP contribution in [-0.4, -0.2) is 14.5 Å². The van der Waals surface area contributed by atoms with E-state index >= 15 is 0 Å². The first kappa shape index (κ1) is 42.5. The van der Waals surface area contributed by atoms with E-state index in [0.717, 1.165) is 55.9 Å². The van der Waals surface area contributed by atoms with Gasteiger partial charge in [-0.2, -0.15) is 0 Å². The third kappa shape index (κ3) is 9.87. The fourth-order valence-corrected chi connectivity index (χ4v) is 7.49. The number of nitrogens with zero attached hydrogens (tertiary/aromatic N) is 3. The Kier molecular flexibility index (Phi) is 14.4. The molecule has 0 unspecified atom stereocenters. The van der Waals surface area contributed by atoms with Crippen molar-refractivity contribution in [2.75, 3.05) is 0 Å². The van der Waals surface area contributed by atoms with Crippen molar-refractivity contribution in [3.05, 3.63) is 236 Å². The van der Waals surface area contributed by atoms with Crippen LogP contribution in [-0.2, 0) is 0 Å². The minimum atomic E-state index is 0.719. The van der Waals surface area contributed by atoms with Gasteiger partial charge in [0.1, 0.15) is 0 Å². The molecule has 0 saturated carbocycles. The van der Waals surface area contributed by atoms with Gasteiger partial charge in [0.25, 0.3) is 0 Å².